The fourth-order valence-electron chi connectivity index (χ4n) is 2.13. The minimum atomic E-state index is -0.221. The van der Waals surface area contributed by atoms with Crippen molar-refractivity contribution in [3.05, 3.63) is 35.4 Å². The van der Waals surface area contributed by atoms with E-state index in [1.807, 2.05) is 19.1 Å². The molecule has 0 aliphatic carbocycles. The average Bonchev–Trinajstić information content (AvgIpc) is 2.45. The van der Waals surface area contributed by atoms with E-state index in [1.165, 1.54) is 5.56 Å². The van der Waals surface area contributed by atoms with Gasteiger partial charge in [-0.05, 0) is 37.9 Å². The van der Waals surface area contributed by atoms with Gasteiger partial charge in [-0.3, -0.25) is 15.1 Å². The Morgan fingerprint density at radius 2 is 1.75 bits per heavy atom. The molecular formula is C16H27N3O. The number of hydrogen-bond donors (Lipinski definition) is 2. The molecule has 0 fully saturated rings. The van der Waals surface area contributed by atoms with E-state index in [-0.39, 0.29) is 11.8 Å². The Morgan fingerprint density at radius 3 is 2.20 bits per heavy atom. The SMILES string of the molecule is CC(C(=O)NN)c1ccc(CN(C)C(C)C(C)C)cc1. The van der Waals surface area contributed by atoms with Gasteiger partial charge in [0, 0.05) is 12.6 Å². The summed E-state index contributed by atoms with van der Waals surface area (Å²) >= 11 is 0. The molecule has 0 aromatic heterocycles. The normalized spacial score (nSPS) is 14.4. The second-order valence-electron chi connectivity index (χ2n) is 5.87. The number of nitrogens with zero attached hydrogens (tertiary/aromatic N) is 1. The summed E-state index contributed by atoms with van der Waals surface area (Å²) in [7, 11) is 2.14. The van der Waals surface area contributed by atoms with Crippen LogP contribution in [0.25, 0.3) is 0 Å². The van der Waals surface area contributed by atoms with Crippen molar-refractivity contribution in [2.75, 3.05) is 7.05 Å². The van der Waals surface area contributed by atoms with Gasteiger partial charge >= 0.3 is 0 Å². The van der Waals surface area contributed by atoms with Crippen LogP contribution in [0.4, 0.5) is 0 Å². The van der Waals surface area contributed by atoms with Crippen LogP contribution < -0.4 is 11.3 Å². The van der Waals surface area contributed by atoms with Crippen LogP contribution in [0.15, 0.2) is 24.3 Å². The lowest BCUT2D eigenvalue weighted by atomic mass is 9.98. The van der Waals surface area contributed by atoms with Crippen LogP contribution in [0.5, 0.6) is 0 Å². The first-order valence-corrected chi connectivity index (χ1v) is 7.16. The molecule has 0 bridgehead atoms. The summed E-state index contributed by atoms with van der Waals surface area (Å²) in [6, 6.07) is 8.71. The summed E-state index contributed by atoms with van der Waals surface area (Å²) in [5, 5.41) is 0. The summed E-state index contributed by atoms with van der Waals surface area (Å²) in [5.74, 6) is 5.41. The van der Waals surface area contributed by atoms with Crippen LogP contribution in [0, 0.1) is 5.92 Å². The van der Waals surface area contributed by atoms with Gasteiger partial charge < -0.3 is 0 Å². The minimum Gasteiger partial charge on any atom is -0.299 e. The highest BCUT2D eigenvalue weighted by atomic mass is 16.2. The molecular weight excluding hydrogens is 250 g/mol. The average molecular weight is 277 g/mol. The van der Waals surface area contributed by atoms with Crippen molar-refractivity contribution < 1.29 is 4.79 Å². The van der Waals surface area contributed by atoms with E-state index in [1.54, 1.807) is 0 Å². The Hall–Kier alpha value is -1.39. The van der Waals surface area contributed by atoms with Crippen molar-refractivity contribution >= 4 is 5.91 Å². The lowest BCUT2D eigenvalue weighted by Gasteiger charge is -2.28. The second-order valence-corrected chi connectivity index (χ2v) is 5.87. The van der Waals surface area contributed by atoms with Crippen LogP contribution in [0.3, 0.4) is 0 Å². The van der Waals surface area contributed by atoms with Crippen molar-refractivity contribution in [1.82, 2.24) is 10.3 Å². The Balaban J connectivity index is 2.70. The number of carbonyl (C=O) groups is 1. The number of benzene rings is 1. The number of hydrogen-bond acceptors (Lipinski definition) is 3. The number of amides is 1. The molecule has 0 saturated heterocycles. The lowest BCUT2D eigenvalue weighted by molar-refractivity contribution is -0.122. The molecule has 2 unspecified atom stereocenters. The summed E-state index contributed by atoms with van der Waals surface area (Å²) in [6.07, 6.45) is 0. The lowest BCUT2D eigenvalue weighted by Crippen LogP contribution is -2.33. The molecule has 0 radical (unpaired) electrons. The van der Waals surface area contributed by atoms with Crippen LogP contribution in [0.1, 0.15) is 44.7 Å². The fraction of sp³-hybridized carbons (Fsp3) is 0.562. The Kier molecular flexibility index (Phi) is 6.17. The number of carbonyl (C=O) groups excluding carboxylic acids is 1. The van der Waals surface area contributed by atoms with E-state index >= 15 is 0 Å². The third-order valence-corrected chi connectivity index (χ3v) is 4.11. The fourth-order valence-corrected chi connectivity index (χ4v) is 2.13. The van der Waals surface area contributed by atoms with Crippen LogP contribution in [0.2, 0.25) is 0 Å². The summed E-state index contributed by atoms with van der Waals surface area (Å²) in [4.78, 5) is 13.8. The molecule has 1 amide bonds. The van der Waals surface area contributed by atoms with E-state index in [2.05, 4.69) is 50.3 Å². The Labute approximate surface area is 122 Å². The van der Waals surface area contributed by atoms with Crippen molar-refractivity contribution in [2.24, 2.45) is 11.8 Å². The molecule has 112 valence electrons. The topological polar surface area (TPSA) is 58.4 Å². The molecule has 20 heavy (non-hydrogen) atoms. The van der Waals surface area contributed by atoms with E-state index < -0.39 is 0 Å². The molecule has 1 rings (SSSR count). The van der Waals surface area contributed by atoms with Crippen molar-refractivity contribution in [1.29, 1.82) is 0 Å². The van der Waals surface area contributed by atoms with Gasteiger partial charge in [-0.15, -0.1) is 0 Å². The van der Waals surface area contributed by atoms with Crippen molar-refractivity contribution in [2.45, 2.75) is 46.2 Å². The monoisotopic (exact) mass is 277 g/mol. The first-order chi connectivity index (χ1) is 9.36. The minimum absolute atomic E-state index is 0.164. The van der Waals surface area contributed by atoms with E-state index in [0.29, 0.717) is 12.0 Å². The third-order valence-electron chi connectivity index (χ3n) is 4.11. The quantitative estimate of drug-likeness (QED) is 0.476. The zero-order valence-corrected chi connectivity index (χ0v) is 13.2. The number of rotatable bonds is 6. The maximum atomic E-state index is 11.5. The molecule has 4 heteroatoms. The molecule has 3 N–H and O–H groups in total. The molecule has 0 spiro atoms. The van der Waals surface area contributed by atoms with E-state index in [4.69, 9.17) is 5.84 Å². The van der Waals surface area contributed by atoms with Crippen LogP contribution in [-0.4, -0.2) is 23.9 Å². The van der Waals surface area contributed by atoms with Gasteiger partial charge in [0.25, 0.3) is 0 Å². The zero-order chi connectivity index (χ0) is 15.3. The van der Waals surface area contributed by atoms with E-state index in [9.17, 15) is 4.79 Å². The van der Waals surface area contributed by atoms with Crippen LogP contribution >= 0.6 is 0 Å². The predicted octanol–water partition coefficient (Wildman–Crippen LogP) is 2.26. The van der Waals surface area contributed by atoms with Gasteiger partial charge in [0.2, 0.25) is 5.91 Å². The second kappa shape index (κ2) is 7.41. The maximum Gasteiger partial charge on any atom is 0.241 e. The summed E-state index contributed by atoms with van der Waals surface area (Å²) < 4.78 is 0. The summed E-state index contributed by atoms with van der Waals surface area (Å²) in [6.45, 7) is 9.47. The number of nitrogens with two attached hydrogens (primary N) is 1. The largest absolute Gasteiger partial charge is 0.299 e. The third kappa shape index (κ3) is 4.32. The van der Waals surface area contributed by atoms with Crippen molar-refractivity contribution in [3.63, 3.8) is 0 Å². The zero-order valence-electron chi connectivity index (χ0n) is 13.2. The van der Waals surface area contributed by atoms with Gasteiger partial charge in [0.15, 0.2) is 0 Å². The Bertz CT molecular complexity index is 428. The standard InChI is InChI=1S/C16H27N3O/c1-11(2)13(4)19(5)10-14-6-8-15(9-7-14)12(3)16(20)18-17/h6-9,11-13H,10,17H2,1-5H3,(H,18,20). The molecule has 1 aromatic rings. The maximum absolute atomic E-state index is 11.5. The first kappa shape index (κ1) is 16.7. The van der Waals surface area contributed by atoms with Gasteiger partial charge in [0.1, 0.15) is 0 Å². The molecule has 4 nitrogen and oxygen atoms in total. The molecule has 0 heterocycles. The first-order valence-electron chi connectivity index (χ1n) is 7.16. The Morgan fingerprint density at radius 1 is 1.20 bits per heavy atom. The van der Waals surface area contributed by atoms with Crippen molar-refractivity contribution in [3.8, 4) is 0 Å². The highest BCUT2D eigenvalue weighted by Crippen LogP contribution is 2.18. The molecule has 2 atom stereocenters. The summed E-state index contributed by atoms with van der Waals surface area (Å²) in [5.41, 5.74) is 4.43. The van der Waals surface area contributed by atoms with Gasteiger partial charge in [0.05, 0.1) is 5.92 Å². The highest BCUT2D eigenvalue weighted by molar-refractivity contribution is 5.82. The van der Waals surface area contributed by atoms with Gasteiger partial charge in [-0.25, -0.2) is 5.84 Å². The number of hydrazine groups is 1. The number of nitrogens with one attached hydrogen (secondary N) is 1. The van der Waals surface area contributed by atoms with Gasteiger partial charge in [-0.1, -0.05) is 38.1 Å². The molecule has 1 aromatic carbocycles. The molecule has 0 aliphatic heterocycles. The van der Waals surface area contributed by atoms with Crippen LogP contribution in [-0.2, 0) is 11.3 Å². The predicted molar refractivity (Wildman–Crippen MR) is 83.0 cm³/mol. The highest BCUT2D eigenvalue weighted by Gasteiger charge is 2.15. The molecule has 0 aliphatic rings. The smallest absolute Gasteiger partial charge is 0.241 e. The van der Waals surface area contributed by atoms with E-state index in [0.717, 1.165) is 12.1 Å². The molecule has 0 saturated carbocycles. The van der Waals surface area contributed by atoms with Gasteiger partial charge in [-0.2, -0.15) is 0 Å².